The van der Waals surface area contributed by atoms with Crippen molar-refractivity contribution in [2.75, 3.05) is 0 Å². The number of hydrogen-bond donors (Lipinski definition) is 1. The Labute approximate surface area is 124 Å². The second-order valence-electron chi connectivity index (χ2n) is 5.25. The monoisotopic (exact) mass is 281 g/mol. The minimum absolute atomic E-state index is 0.126. The number of carbonyl (C=O) groups is 1. The van der Waals surface area contributed by atoms with Crippen LogP contribution in [0.2, 0.25) is 0 Å². The fourth-order valence-electron chi connectivity index (χ4n) is 2.79. The molecule has 0 atom stereocenters. The van der Waals surface area contributed by atoms with Crippen molar-refractivity contribution in [3.8, 4) is 5.69 Å². The van der Waals surface area contributed by atoms with Gasteiger partial charge >= 0.3 is 0 Å². The van der Waals surface area contributed by atoms with Crippen molar-refractivity contribution in [2.45, 2.75) is 33.1 Å². The molecule has 1 N–H and O–H groups in total. The summed E-state index contributed by atoms with van der Waals surface area (Å²) in [6.07, 6.45) is 6.00. The first-order valence-corrected chi connectivity index (χ1v) is 7.31. The Bertz CT molecular complexity index is 695. The van der Waals surface area contributed by atoms with Crippen LogP contribution in [-0.2, 0) is 4.79 Å². The van der Waals surface area contributed by atoms with Crippen LogP contribution in [0.3, 0.4) is 0 Å². The third-order valence-electron chi connectivity index (χ3n) is 3.93. The number of aromatic nitrogens is 2. The van der Waals surface area contributed by atoms with Gasteiger partial charge in [-0.3, -0.25) is 4.79 Å². The number of hydrogen-bond acceptors (Lipinski definition) is 2. The summed E-state index contributed by atoms with van der Waals surface area (Å²) in [5, 5.41) is 2.99. The Balaban J connectivity index is 1.94. The van der Waals surface area contributed by atoms with Crippen LogP contribution in [0.25, 0.3) is 11.3 Å². The summed E-state index contributed by atoms with van der Waals surface area (Å²) in [5.41, 5.74) is 4.60. The number of carbonyl (C=O) groups excluding carboxylic acids is 1. The second-order valence-corrected chi connectivity index (χ2v) is 5.25. The zero-order valence-corrected chi connectivity index (χ0v) is 12.4. The number of amides is 1. The van der Waals surface area contributed by atoms with Gasteiger partial charge in [0.25, 0.3) is 0 Å². The molecule has 0 fully saturated rings. The van der Waals surface area contributed by atoms with Gasteiger partial charge in [-0.2, -0.15) is 0 Å². The molecule has 21 heavy (non-hydrogen) atoms. The zero-order valence-electron chi connectivity index (χ0n) is 12.4. The molecule has 3 rings (SSSR count). The normalized spacial score (nSPS) is 15.2. The second kappa shape index (κ2) is 5.56. The van der Waals surface area contributed by atoms with Gasteiger partial charge in [-0.15, -0.1) is 0 Å². The summed E-state index contributed by atoms with van der Waals surface area (Å²) in [6.45, 7) is 4.06. The number of nitrogens with zero attached hydrogens (tertiary/aromatic N) is 2. The first kappa shape index (κ1) is 13.6. The molecule has 0 aliphatic carbocycles. The average Bonchev–Trinajstić information content (AvgIpc) is 2.93. The van der Waals surface area contributed by atoms with Gasteiger partial charge in [-0.05, 0) is 43.0 Å². The molecule has 2 aromatic rings. The molecule has 4 heteroatoms. The fourth-order valence-corrected chi connectivity index (χ4v) is 2.79. The molecule has 0 radical (unpaired) electrons. The lowest BCUT2D eigenvalue weighted by Gasteiger charge is -2.21. The Hall–Kier alpha value is -2.36. The van der Waals surface area contributed by atoms with E-state index < -0.39 is 0 Å². The van der Waals surface area contributed by atoms with Crippen molar-refractivity contribution in [3.63, 3.8) is 0 Å². The quantitative estimate of drug-likeness (QED) is 0.939. The number of nitrogens with one attached hydrogen (secondary N) is 1. The molecular weight excluding hydrogens is 262 g/mol. The topological polar surface area (TPSA) is 46.9 Å². The highest BCUT2D eigenvalue weighted by atomic mass is 16.1. The van der Waals surface area contributed by atoms with E-state index in [4.69, 9.17) is 0 Å². The molecule has 4 nitrogen and oxygen atoms in total. The molecule has 0 spiro atoms. The van der Waals surface area contributed by atoms with Crippen LogP contribution in [0.1, 0.15) is 37.6 Å². The highest BCUT2D eigenvalue weighted by Gasteiger charge is 2.17. The molecule has 0 saturated heterocycles. The SMILES string of the molecule is CCC1=C(c2ccc(-n3ccnc3C)cc2)CCC(=O)N1. The average molecular weight is 281 g/mol. The first-order chi connectivity index (χ1) is 10.2. The summed E-state index contributed by atoms with van der Waals surface area (Å²) in [7, 11) is 0. The van der Waals surface area contributed by atoms with E-state index in [1.54, 1.807) is 6.20 Å². The van der Waals surface area contributed by atoms with E-state index in [0.29, 0.717) is 6.42 Å². The summed E-state index contributed by atoms with van der Waals surface area (Å²) in [5.74, 6) is 1.10. The van der Waals surface area contributed by atoms with Crippen molar-refractivity contribution in [1.29, 1.82) is 0 Å². The van der Waals surface area contributed by atoms with E-state index in [1.807, 2.05) is 13.1 Å². The fraction of sp³-hybridized carbons (Fsp3) is 0.294. The smallest absolute Gasteiger partial charge is 0.224 e. The van der Waals surface area contributed by atoms with E-state index in [9.17, 15) is 4.79 Å². The van der Waals surface area contributed by atoms with E-state index in [2.05, 4.69) is 46.1 Å². The summed E-state index contributed by atoms with van der Waals surface area (Å²) in [6, 6.07) is 8.44. The molecule has 1 aromatic heterocycles. The standard InChI is InChI=1S/C17H19N3O/c1-3-16-15(8-9-17(21)19-16)13-4-6-14(7-5-13)20-11-10-18-12(20)2/h4-7,10-11H,3,8-9H2,1-2H3,(H,19,21). The maximum atomic E-state index is 11.5. The van der Waals surface area contributed by atoms with Gasteiger partial charge in [-0.25, -0.2) is 4.98 Å². The van der Waals surface area contributed by atoms with E-state index in [-0.39, 0.29) is 5.91 Å². The molecule has 1 amide bonds. The third kappa shape index (κ3) is 2.61. The van der Waals surface area contributed by atoms with Crippen LogP contribution < -0.4 is 5.32 Å². The van der Waals surface area contributed by atoms with E-state index >= 15 is 0 Å². The number of rotatable bonds is 3. The van der Waals surface area contributed by atoms with Crippen molar-refractivity contribution < 1.29 is 4.79 Å². The zero-order chi connectivity index (χ0) is 14.8. The summed E-state index contributed by atoms with van der Waals surface area (Å²) in [4.78, 5) is 15.7. The molecule has 0 bridgehead atoms. The third-order valence-corrected chi connectivity index (χ3v) is 3.93. The molecule has 0 unspecified atom stereocenters. The van der Waals surface area contributed by atoms with Gasteiger partial charge in [0.05, 0.1) is 0 Å². The van der Waals surface area contributed by atoms with Gasteiger partial charge in [0.15, 0.2) is 0 Å². The van der Waals surface area contributed by atoms with E-state index in [1.165, 1.54) is 11.1 Å². The Morgan fingerprint density at radius 1 is 1.24 bits per heavy atom. The van der Waals surface area contributed by atoms with Crippen LogP contribution >= 0.6 is 0 Å². The maximum absolute atomic E-state index is 11.5. The first-order valence-electron chi connectivity index (χ1n) is 7.31. The molecule has 1 aliphatic rings. The summed E-state index contributed by atoms with van der Waals surface area (Å²) >= 11 is 0. The van der Waals surface area contributed by atoms with Gasteiger partial charge in [0, 0.05) is 30.2 Å². The van der Waals surface area contributed by atoms with Crippen molar-refractivity contribution >= 4 is 11.5 Å². The maximum Gasteiger partial charge on any atom is 0.224 e. The van der Waals surface area contributed by atoms with Crippen LogP contribution in [0.5, 0.6) is 0 Å². The van der Waals surface area contributed by atoms with Crippen LogP contribution in [0, 0.1) is 6.92 Å². The lowest BCUT2D eigenvalue weighted by molar-refractivity contribution is -0.120. The molecule has 2 heterocycles. The molecular formula is C17H19N3O. The predicted molar refractivity (Wildman–Crippen MR) is 82.9 cm³/mol. The van der Waals surface area contributed by atoms with Crippen molar-refractivity contribution in [2.24, 2.45) is 0 Å². The molecule has 108 valence electrons. The lowest BCUT2D eigenvalue weighted by Crippen LogP contribution is -2.27. The Morgan fingerprint density at radius 2 is 2.00 bits per heavy atom. The highest BCUT2D eigenvalue weighted by molar-refractivity contribution is 5.86. The summed E-state index contributed by atoms with van der Waals surface area (Å²) < 4.78 is 2.06. The van der Waals surface area contributed by atoms with Gasteiger partial charge in [0.2, 0.25) is 5.91 Å². The number of aryl methyl sites for hydroxylation is 1. The Kier molecular flexibility index (Phi) is 3.60. The van der Waals surface area contributed by atoms with Crippen LogP contribution in [0.4, 0.5) is 0 Å². The van der Waals surface area contributed by atoms with Gasteiger partial charge < -0.3 is 9.88 Å². The van der Waals surface area contributed by atoms with Crippen molar-refractivity contribution in [1.82, 2.24) is 14.9 Å². The largest absolute Gasteiger partial charge is 0.329 e. The molecule has 0 saturated carbocycles. The minimum atomic E-state index is 0.126. The number of benzene rings is 1. The molecule has 1 aliphatic heterocycles. The van der Waals surface area contributed by atoms with E-state index in [0.717, 1.165) is 30.1 Å². The van der Waals surface area contributed by atoms with Gasteiger partial charge in [-0.1, -0.05) is 19.1 Å². The van der Waals surface area contributed by atoms with Gasteiger partial charge in [0.1, 0.15) is 5.82 Å². The number of imidazole rings is 1. The minimum Gasteiger partial charge on any atom is -0.329 e. The molecule has 1 aromatic carbocycles. The highest BCUT2D eigenvalue weighted by Crippen LogP contribution is 2.28. The van der Waals surface area contributed by atoms with Crippen LogP contribution in [-0.4, -0.2) is 15.5 Å². The number of allylic oxidation sites excluding steroid dienone is 2. The van der Waals surface area contributed by atoms with Crippen molar-refractivity contribution in [3.05, 3.63) is 53.7 Å². The lowest BCUT2D eigenvalue weighted by atomic mass is 9.94. The Morgan fingerprint density at radius 3 is 2.62 bits per heavy atom. The van der Waals surface area contributed by atoms with Crippen LogP contribution in [0.15, 0.2) is 42.4 Å². The predicted octanol–water partition coefficient (Wildman–Crippen LogP) is 3.21.